The fraction of sp³-hybridized carbons (Fsp3) is 0.250. The van der Waals surface area contributed by atoms with Gasteiger partial charge in [0.1, 0.15) is 5.82 Å². The van der Waals surface area contributed by atoms with Crippen molar-refractivity contribution in [3.8, 4) is 11.6 Å². The monoisotopic (exact) mass is 460 g/mol. The molecule has 1 aliphatic heterocycles. The number of hydrogen-bond donors (Lipinski definition) is 1. The summed E-state index contributed by atoms with van der Waals surface area (Å²) in [6.07, 6.45) is 5.73. The summed E-state index contributed by atoms with van der Waals surface area (Å²) in [5.41, 5.74) is 1.80. The van der Waals surface area contributed by atoms with E-state index in [1.165, 1.54) is 24.6 Å². The zero-order chi connectivity index (χ0) is 22.5. The third-order valence-corrected chi connectivity index (χ3v) is 6.40. The predicted molar refractivity (Wildman–Crippen MR) is 128 cm³/mol. The molecule has 4 heterocycles. The molecule has 5 rings (SSSR count). The highest BCUT2D eigenvalue weighted by molar-refractivity contribution is 7.99. The summed E-state index contributed by atoms with van der Waals surface area (Å²) in [5, 5.41) is 12.2. The Kier molecular flexibility index (Phi) is 6.39. The third kappa shape index (κ3) is 5.09. The number of carbonyl (C=O) groups excluding carboxylic acids is 1. The standard InChI is InChI=1S/C24H24N6O2S/c31-22(26-19-10-11-21(25-15-19)29-12-4-5-13-29)17-33-24-28-27-23(20-9-6-14-32-20)30(24)16-18-7-2-1-3-8-18/h1-3,6-11,14-15H,4-5,12-13,16-17H2,(H,26,31). The molecule has 0 radical (unpaired) electrons. The van der Waals surface area contributed by atoms with Crippen LogP contribution in [0.2, 0.25) is 0 Å². The van der Waals surface area contributed by atoms with E-state index in [4.69, 9.17) is 4.42 Å². The normalized spacial score (nSPS) is 13.4. The van der Waals surface area contributed by atoms with Crippen molar-refractivity contribution >= 4 is 29.2 Å². The van der Waals surface area contributed by atoms with Crippen LogP contribution in [0.25, 0.3) is 11.6 Å². The van der Waals surface area contributed by atoms with Crippen LogP contribution in [0.5, 0.6) is 0 Å². The summed E-state index contributed by atoms with van der Waals surface area (Å²) in [6.45, 7) is 2.66. The Morgan fingerprint density at radius 3 is 2.61 bits per heavy atom. The van der Waals surface area contributed by atoms with Crippen LogP contribution in [-0.4, -0.2) is 44.5 Å². The number of anilines is 2. The van der Waals surface area contributed by atoms with Gasteiger partial charge >= 0.3 is 0 Å². The van der Waals surface area contributed by atoms with Gasteiger partial charge in [0.15, 0.2) is 10.9 Å². The number of rotatable bonds is 8. The van der Waals surface area contributed by atoms with Crippen LogP contribution in [0.15, 0.2) is 76.6 Å². The van der Waals surface area contributed by atoms with E-state index >= 15 is 0 Å². The number of nitrogens with zero attached hydrogens (tertiary/aromatic N) is 5. The Morgan fingerprint density at radius 1 is 1.03 bits per heavy atom. The second-order valence-corrected chi connectivity index (χ2v) is 8.73. The number of benzene rings is 1. The van der Waals surface area contributed by atoms with Crippen molar-refractivity contribution in [2.24, 2.45) is 0 Å². The first kappa shape index (κ1) is 21.3. The van der Waals surface area contributed by atoms with Gasteiger partial charge in [-0.2, -0.15) is 0 Å². The SMILES string of the molecule is O=C(CSc1nnc(-c2ccco2)n1Cc1ccccc1)Nc1ccc(N2CCCC2)nc1. The minimum Gasteiger partial charge on any atom is -0.461 e. The van der Waals surface area contributed by atoms with Crippen molar-refractivity contribution in [1.29, 1.82) is 0 Å². The highest BCUT2D eigenvalue weighted by Crippen LogP contribution is 2.26. The van der Waals surface area contributed by atoms with Gasteiger partial charge in [-0.3, -0.25) is 9.36 Å². The van der Waals surface area contributed by atoms with Gasteiger partial charge in [-0.25, -0.2) is 4.98 Å². The van der Waals surface area contributed by atoms with E-state index in [-0.39, 0.29) is 11.7 Å². The maximum absolute atomic E-state index is 12.6. The molecular formula is C24H24N6O2S. The molecular weight excluding hydrogens is 436 g/mol. The average Bonchev–Trinajstić information content (AvgIpc) is 3.61. The smallest absolute Gasteiger partial charge is 0.234 e. The van der Waals surface area contributed by atoms with Gasteiger partial charge in [0.25, 0.3) is 0 Å². The van der Waals surface area contributed by atoms with Crippen molar-refractivity contribution in [3.63, 3.8) is 0 Å². The fourth-order valence-electron chi connectivity index (χ4n) is 3.81. The lowest BCUT2D eigenvalue weighted by atomic mass is 10.2. The number of thioether (sulfide) groups is 1. The van der Waals surface area contributed by atoms with Crippen LogP contribution in [0.3, 0.4) is 0 Å². The van der Waals surface area contributed by atoms with Gasteiger partial charge in [0, 0.05) is 13.1 Å². The molecule has 0 unspecified atom stereocenters. The first-order valence-electron chi connectivity index (χ1n) is 10.9. The van der Waals surface area contributed by atoms with Crippen LogP contribution in [0.1, 0.15) is 18.4 Å². The number of nitrogens with one attached hydrogen (secondary N) is 1. The number of hydrogen-bond acceptors (Lipinski definition) is 7. The lowest BCUT2D eigenvalue weighted by Gasteiger charge is -2.16. The maximum Gasteiger partial charge on any atom is 0.234 e. The van der Waals surface area contributed by atoms with E-state index in [1.54, 1.807) is 12.5 Å². The molecule has 0 aliphatic carbocycles. The Balaban J connectivity index is 1.25. The summed E-state index contributed by atoms with van der Waals surface area (Å²) in [5.74, 6) is 2.31. The van der Waals surface area contributed by atoms with Crippen molar-refractivity contribution in [1.82, 2.24) is 19.7 Å². The van der Waals surface area contributed by atoms with Gasteiger partial charge < -0.3 is 14.6 Å². The van der Waals surface area contributed by atoms with Gasteiger partial charge in [-0.15, -0.1) is 10.2 Å². The quantitative estimate of drug-likeness (QED) is 0.392. The van der Waals surface area contributed by atoms with Crippen LogP contribution < -0.4 is 10.2 Å². The molecule has 0 saturated carbocycles. The minimum absolute atomic E-state index is 0.121. The summed E-state index contributed by atoms with van der Waals surface area (Å²) in [4.78, 5) is 19.3. The van der Waals surface area contributed by atoms with Crippen molar-refractivity contribution in [2.45, 2.75) is 24.5 Å². The molecule has 168 valence electrons. The molecule has 1 saturated heterocycles. The molecule has 1 N–H and O–H groups in total. The van der Waals surface area contributed by atoms with Crippen LogP contribution >= 0.6 is 11.8 Å². The molecule has 0 bridgehead atoms. The Hall–Kier alpha value is -3.59. The van der Waals surface area contributed by atoms with E-state index in [2.05, 4.69) is 25.4 Å². The zero-order valence-electron chi connectivity index (χ0n) is 18.1. The predicted octanol–water partition coefficient (Wildman–Crippen LogP) is 4.31. The van der Waals surface area contributed by atoms with E-state index in [0.717, 1.165) is 24.5 Å². The topological polar surface area (TPSA) is 89.1 Å². The molecule has 8 nitrogen and oxygen atoms in total. The molecule has 4 aromatic rings. The van der Waals surface area contributed by atoms with Crippen molar-refractivity contribution in [3.05, 3.63) is 72.6 Å². The largest absolute Gasteiger partial charge is 0.461 e. The second-order valence-electron chi connectivity index (χ2n) is 7.79. The molecule has 1 aliphatic rings. The molecule has 9 heteroatoms. The number of pyridine rings is 1. The third-order valence-electron chi connectivity index (χ3n) is 5.44. The van der Waals surface area contributed by atoms with E-state index in [9.17, 15) is 4.79 Å². The summed E-state index contributed by atoms with van der Waals surface area (Å²) >= 11 is 1.34. The Bertz CT molecular complexity index is 1190. The van der Waals surface area contributed by atoms with E-state index < -0.39 is 0 Å². The Morgan fingerprint density at radius 2 is 1.88 bits per heavy atom. The highest BCUT2D eigenvalue weighted by Gasteiger charge is 2.18. The summed E-state index contributed by atoms with van der Waals surface area (Å²) in [7, 11) is 0. The first-order valence-corrected chi connectivity index (χ1v) is 11.9. The molecule has 1 amide bonds. The van der Waals surface area contributed by atoms with Crippen molar-refractivity contribution in [2.75, 3.05) is 29.1 Å². The highest BCUT2D eigenvalue weighted by atomic mass is 32.2. The van der Waals surface area contributed by atoms with Gasteiger partial charge in [-0.05, 0) is 42.7 Å². The van der Waals surface area contributed by atoms with Gasteiger partial charge in [0.2, 0.25) is 11.7 Å². The minimum atomic E-state index is -0.121. The van der Waals surface area contributed by atoms with E-state index in [0.29, 0.717) is 29.0 Å². The molecule has 0 atom stereocenters. The maximum atomic E-state index is 12.6. The van der Waals surface area contributed by atoms with E-state index in [1.807, 2.05) is 59.2 Å². The Labute approximate surface area is 196 Å². The molecule has 33 heavy (non-hydrogen) atoms. The lowest BCUT2D eigenvalue weighted by molar-refractivity contribution is -0.113. The second kappa shape index (κ2) is 9.91. The fourth-order valence-corrected chi connectivity index (χ4v) is 4.55. The number of aromatic nitrogens is 4. The first-order chi connectivity index (χ1) is 16.3. The van der Waals surface area contributed by atoms with Crippen molar-refractivity contribution < 1.29 is 9.21 Å². The molecule has 1 aromatic carbocycles. The molecule has 1 fully saturated rings. The lowest BCUT2D eigenvalue weighted by Crippen LogP contribution is -2.19. The number of amides is 1. The van der Waals surface area contributed by atoms with Gasteiger partial charge in [-0.1, -0.05) is 42.1 Å². The molecule has 3 aromatic heterocycles. The van der Waals surface area contributed by atoms with Crippen LogP contribution in [0, 0.1) is 0 Å². The van der Waals surface area contributed by atoms with Crippen LogP contribution in [0.4, 0.5) is 11.5 Å². The summed E-state index contributed by atoms with van der Waals surface area (Å²) < 4.78 is 7.51. The zero-order valence-corrected chi connectivity index (χ0v) is 18.9. The summed E-state index contributed by atoms with van der Waals surface area (Å²) in [6, 6.07) is 17.6. The van der Waals surface area contributed by atoms with Crippen LogP contribution in [-0.2, 0) is 11.3 Å². The van der Waals surface area contributed by atoms with Gasteiger partial charge in [0.05, 0.1) is 30.4 Å². The molecule has 0 spiro atoms. The number of carbonyl (C=O) groups is 1. The average molecular weight is 461 g/mol. The number of furan rings is 1.